The van der Waals surface area contributed by atoms with Crippen LogP contribution in [0.1, 0.15) is 12.0 Å². The number of hydrogen-bond donors (Lipinski definition) is 1. The van der Waals surface area contributed by atoms with Crippen molar-refractivity contribution in [1.82, 2.24) is 0 Å². The normalized spacial score (nSPS) is 13.6. The van der Waals surface area contributed by atoms with E-state index in [0.717, 1.165) is 0 Å². The van der Waals surface area contributed by atoms with Crippen LogP contribution in [0.3, 0.4) is 0 Å². The number of quaternary nitrogens is 1. The maximum Gasteiger partial charge on any atom is 0.472 e. The molecule has 0 spiro atoms. The first-order chi connectivity index (χ1) is 14.7. The molecule has 0 radical (unpaired) electrons. The van der Waals surface area contributed by atoms with Crippen LogP contribution >= 0.6 is 7.82 Å². The maximum absolute atomic E-state index is 11.8. The molecule has 0 bridgehead atoms. The van der Waals surface area contributed by atoms with Crippen molar-refractivity contribution in [2.24, 2.45) is 10.2 Å². The molecule has 0 aromatic heterocycles. The second kappa shape index (κ2) is 11.7. The fraction of sp³-hybridized carbons (Fsp3) is 0.381. The van der Waals surface area contributed by atoms with E-state index >= 15 is 0 Å². The standard InChI is InChI=1S/C21H27N4O5P/c1-25(2,3)13-16-30-31(26,27)29-15-4-14-28-21-11-9-20(10-12-21)24-23-19-7-5-18(17-22)6-8-19/h5-12H,4,13-16H2,1-3H3/p+1. The Labute approximate surface area is 182 Å². The van der Waals surface area contributed by atoms with Crippen LogP contribution in [0.25, 0.3) is 0 Å². The fourth-order valence-corrected chi connectivity index (χ4v) is 2.97. The van der Waals surface area contributed by atoms with E-state index in [-0.39, 0.29) is 13.2 Å². The van der Waals surface area contributed by atoms with Gasteiger partial charge in [-0.05, 0) is 48.5 Å². The molecule has 0 fully saturated rings. The van der Waals surface area contributed by atoms with Crippen LogP contribution in [-0.4, -0.2) is 56.9 Å². The van der Waals surface area contributed by atoms with Crippen molar-refractivity contribution < 1.29 is 27.7 Å². The largest absolute Gasteiger partial charge is 0.494 e. The summed E-state index contributed by atoms with van der Waals surface area (Å²) in [5, 5.41) is 17.1. The summed E-state index contributed by atoms with van der Waals surface area (Å²) in [5.74, 6) is 0.642. The average Bonchev–Trinajstić information content (AvgIpc) is 2.72. The van der Waals surface area contributed by atoms with Crippen LogP contribution in [0.5, 0.6) is 5.75 Å². The molecule has 2 aromatic carbocycles. The van der Waals surface area contributed by atoms with E-state index in [9.17, 15) is 9.46 Å². The number of phosphoric ester groups is 1. The molecule has 0 aliphatic carbocycles. The van der Waals surface area contributed by atoms with Gasteiger partial charge < -0.3 is 14.1 Å². The molecule has 0 aliphatic rings. The van der Waals surface area contributed by atoms with Gasteiger partial charge in [-0.15, -0.1) is 0 Å². The van der Waals surface area contributed by atoms with Crippen molar-refractivity contribution in [3.8, 4) is 11.8 Å². The third-order valence-corrected chi connectivity index (χ3v) is 4.96. The van der Waals surface area contributed by atoms with Crippen molar-refractivity contribution in [3.63, 3.8) is 0 Å². The first kappa shape index (κ1) is 24.7. The number of phosphoric acid groups is 1. The molecule has 0 heterocycles. The Hall–Kier alpha value is -2.60. The monoisotopic (exact) mass is 447 g/mol. The highest BCUT2D eigenvalue weighted by atomic mass is 31.2. The van der Waals surface area contributed by atoms with Crippen molar-refractivity contribution in [2.45, 2.75) is 6.42 Å². The molecule has 2 rings (SSSR count). The molecule has 31 heavy (non-hydrogen) atoms. The Kier molecular flexibility index (Phi) is 9.31. The minimum absolute atomic E-state index is 0.0506. The number of hydrogen-bond acceptors (Lipinski definition) is 7. The van der Waals surface area contributed by atoms with Gasteiger partial charge in [0.05, 0.1) is 57.4 Å². The minimum atomic E-state index is -4.04. The molecule has 0 aliphatic heterocycles. The van der Waals surface area contributed by atoms with Gasteiger partial charge in [-0.3, -0.25) is 9.05 Å². The number of nitrogens with zero attached hydrogens (tertiary/aromatic N) is 4. The SMILES string of the molecule is C[N+](C)(C)CCOP(=O)(O)OCCCOc1ccc(N=Nc2ccc(C#N)cc2)cc1. The third-order valence-electron chi connectivity index (χ3n) is 3.94. The molecule has 0 saturated carbocycles. The molecular formula is C21H28N4O5P+. The van der Waals surface area contributed by atoms with Crippen molar-refractivity contribution in [3.05, 3.63) is 54.1 Å². The van der Waals surface area contributed by atoms with Crippen LogP contribution in [0, 0.1) is 11.3 Å². The predicted octanol–water partition coefficient (Wildman–Crippen LogP) is 4.58. The summed E-state index contributed by atoms with van der Waals surface area (Å²) in [5.41, 5.74) is 1.88. The van der Waals surface area contributed by atoms with Crippen LogP contribution in [-0.2, 0) is 13.6 Å². The molecule has 1 atom stereocenters. The summed E-state index contributed by atoms with van der Waals surface area (Å²) >= 11 is 0. The highest BCUT2D eigenvalue weighted by Gasteiger charge is 2.22. The van der Waals surface area contributed by atoms with E-state index in [1.807, 2.05) is 21.1 Å². The molecular weight excluding hydrogens is 419 g/mol. The van der Waals surface area contributed by atoms with E-state index in [1.165, 1.54) is 0 Å². The number of benzene rings is 2. The van der Waals surface area contributed by atoms with E-state index in [4.69, 9.17) is 19.0 Å². The van der Waals surface area contributed by atoms with Crippen molar-refractivity contribution in [1.29, 1.82) is 5.26 Å². The fourth-order valence-electron chi connectivity index (χ4n) is 2.22. The van der Waals surface area contributed by atoms with E-state index in [2.05, 4.69) is 16.3 Å². The van der Waals surface area contributed by atoms with Crippen LogP contribution in [0.15, 0.2) is 58.8 Å². The molecule has 1 N–H and O–H groups in total. The van der Waals surface area contributed by atoms with Crippen molar-refractivity contribution >= 4 is 19.2 Å². The second-order valence-electron chi connectivity index (χ2n) is 7.70. The van der Waals surface area contributed by atoms with Gasteiger partial charge in [-0.2, -0.15) is 15.5 Å². The first-order valence-corrected chi connectivity index (χ1v) is 11.2. The number of nitriles is 1. The zero-order valence-corrected chi connectivity index (χ0v) is 18.9. The lowest BCUT2D eigenvalue weighted by Crippen LogP contribution is -2.37. The topological polar surface area (TPSA) is 114 Å². The summed E-state index contributed by atoms with van der Waals surface area (Å²) < 4.78 is 27.9. The highest BCUT2D eigenvalue weighted by Crippen LogP contribution is 2.43. The predicted molar refractivity (Wildman–Crippen MR) is 117 cm³/mol. The molecule has 1 unspecified atom stereocenters. The maximum atomic E-state index is 11.8. The van der Waals surface area contributed by atoms with Crippen molar-refractivity contribution in [2.75, 3.05) is 47.5 Å². The Balaban J connectivity index is 1.68. The quantitative estimate of drug-likeness (QED) is 0.220. The van der Waals surface area contributed by atoms with Crippen LogP contribution < -0.4 is 4.74 Å². The lowest BCUT2D eigenvalue weighted by atomic mass is 10.2. The van der Waals surface area contributed by atoms with Gasteiger partial charge in [-0.1, -0.05) is 0 Å². The summed E-state index contributed by atoms with van der Waals surface area (Å²) in [6, 6.07) is 15.9. The summed E-state index contributed by atoms with van der Waals surface area (Å²) in [4.78, 5) is 9.65. The molecule has 2 aromatic rings. The molecule has 0 saturated heterocycles. The van der Waals surface area contributed by atoms with Gasteiger partial charge in [0.1, 0.15) is 18.9 Å². The lowest BCUT2D eigenvalue weighted by molar-refractivity contribution is -0.870. The second-order valence-corrected chi connectivity index (χ2v) is 9.16. The Morgan fingerprint density at radius 3 is 2.03 bits per heavy atom. The van der Waals surface area contributed by atoms with Gasteiger partial charge in [0, 0.05) is 6.42 Å². The first-order valence-electron chi connectivity index (χ1n) is 9.74. The number of ether oxygens (including phenoxy) is 1. The van der Waals surface area contributed by atoms with Gasteiger partial charge in [0.25, 0.3) is 0 Å². The summed E-state index contributed by atoms with van der Waals surface area (Å²) in [6.07, 6.45) is 0.434. The lowest BCUT2D eigenvalue weighted by Gasteiger charge is -2.24. The molecule has 9 nitrogen and oxygen atoms in total. The highest BCUT2D eigenvalue weighted by molar-refractivity contribution is 7.47. The van der Waals surface area contributed by atoms with Gasteiger partial charge >= 0.3 is 7.82 Å². The number of likely N-dealkylation sites (N-methyl/N-ethyl adjacent to an activating group) is 1. The molecule has 166 valence electrons. The Morgan fingerprint density at radius 2 is 1.48 bits per heavy atom. The minimum Gasteiger partial charge on any atom is -0.494 e. The van der Waals surface area contributed by atoms with Gasteiger partial charge in [0.15, 0.2) is 0 Å². The molecule has 0 amide bonds. The van der Waals surface area contributed by atoms with Crippen LogP contribution in [0.4, 0.5) is 11.4 Å². The van der Waals surface area contributed by atoms with Gasteiger partial charge in [-0.25, -0.2) is 4.57 Å². The van der Waals surface area contributed by atoms with Gasteiger partial charge in [0.2, 0.25) is 0 Å². The Bertz CT molecular complexity index is 934. The smallest absolute Gasteiger partial charge is 0.472 e. The summed E-state index contributed by atoms with van der Waals surface area (Å²) in [7, 11) is 1.86. The Morgan fingerprint density at radius 1 is 0.935 bits per heavy atom. The van der Waals surface area contributed by atoms with Crippen LogP contribution in [0.2, 0.25) is 0 Å². The zero-order chi connectivity index (χ0) is 22.7. The van der Waals surface area contributed by atoms with E-state index in [0.29, 0.717) is 46.7 Å². The zero-order valence-electron chi connectivity index (χ0n) is 18.0. The number of rotatable bonds is 12. The average molecular weight is 447 g/mol. The van der Waals surface area contributed by atoms with E-state index in [1.54, 1.807) is 48.5 Å². The van der Waals surface area contributed by atoms with E-state index < -0.39 is 7.82 Å². The summed E-state index contributed by atoms with van der Waals surface area (Å²) in [6.45, 7) is 1.11. The third kappa shape index (κ3) is 10.3. The molecule has 10 heteroatoms. The number of azo groups is 1.